The first-order valence-corrected chi connectivity index (χ1v) is 6.56. The summed E-state index contributed by atoms with van der Waals surface area (Å²) in [5.41, 5.74) is 1.12. The van der Waals surface area contributed by atoms with Gasteiger partial charge in [-0.05, 0) is 12.0 Å². The van der Waals surface area contributed by atoms with Gasteiger partial charge in [0.15, 0.2) is 0 Å². The summed E-state index contributed by atoms with van der Waals surface area (Å²) in [6.07, 6.45) is 5.36. The van der Waals surface area contributed by atoms with Crippen LogP contribution in [-0.2, 0) is 9.53 Å². The molecule has 1 fully saturated rings. The van der Waals surface area contributed by atoms with Crippen LogP contribution in [0.1, 0.15) is 50.7 Å². The van der Waals surface area contributed by atoms with E-state index in [1.54, 1.807) is 0 Å². The molecule has 1 saturated heterocycles. The second-order valence-electron chi connectivity index (χ2n) is 4.76. The van der Waals surface area contributed by atoms with Gasteiger partial charge in [0.1, 0.15) is 6.10 Å². The topological polar surface area (TPSA) is 26.3 Å². The zero-order chi connectivity index (χ0) is 12.1. The third-order valence-corrected chi connectivity index (χ3v) is 3.42. The summed E-state index contributed by atoms with van der Waals surface area (Å²) in [5, 5.41) is 0. The van der Waals surface area contributed by atoms with E-state index in [1.165, 1.54) is 12.8 Å². The van der Waals surface area contributed by atoms with Crippen molar-refractivity contribution in [1.29, 1.82) is 0 Å². The predicted molar refractivity (Wildman–Crippen MR) is 67.5 cm³/mol. The number of ether oxygens (including phenoxy) is 1. The highest BCUT2D eigenvalue weighted by Crippen LogP contribution is 2.35. The van der Waals surface area contributed by atoms with E-state index in [2.05, 4.69) is 6.92 Å². The summed E-state index contributed by atoms with van der Waals surface area (Å²) in [6, 6.07) is 10.0. The van der Waals surface area contributed by atoms with Crippen LogP contribution in [0.2, 0.25) is 0 Å². The summed E-state index contributed by atoms with van der Waals surface area (Å²) < 4.78 is 5.45. The van der Waals surface area contributed by atoms with Crippen molar-refractivity contribution in [3.05, 3.63) is 35.9 Å². The Morgan fingerprint density at radius 1 is 1.24 bits per heavy atom. The molecule has 0 N–H and O–H groups in total. The molecule has 17 heavy (non-hydrogen) atoms. The zero-order valence-electron chi connectivity index (χ0n) is 10.4. The smallest absolute Gasteiger partial charge is 0.309 e. The van der Waals surface area contributed by atoms with Gasteiger partial charge >= 0.3 is 5.97 Å². The lowest BCUT2D eigenvalue weighted by Gasteiger charge is -2.08. The van der Waals surface area contributed by atoms with Crippen LogP contribution >= 0.6 is 0 Å². The van der Waals surface area contributed by atoms with Crippen LogP contribution in [0.4, 0.5) is 0 Å². The molecule has 2 heteroatoms. The largest absolute Gasteiger partial charge is 0.457 e. The number of hydrogen-bond acceptors (Lipinski definition) is 2. The van der Waals surface area contributed by atoms with Crippen molar-refractivity contribution in [3.8, 4) is 0 Å². The molecule has 0 bridgehead atoms. The Labute approximate surface area is 103 Å². The molecule has 1 aliphatic rings. The first kappa shape index (κ1) is 12.2. The van der Waals surface area contributed by atoms with Gasteiger partial charge in [0.2, 0.25) is 0 Å². The highest BCUT2D eigenvalue weighted by Gasteiger charge is 2.34. The molecule has 2 nitrogen and oxygen atoms in total. The summed E-state index contributed by atoms with van der Waals surface area (Å²) >= 11 is 0. The van der Waals surface area contributed by atoms with Crippen LogP contribution in [0, 0.1) is 5.92 Å². The van der Waals surface area contributed by atoms with Gasteiger partial charge in [0.05, 0.1) is 5.92 Å². The predicted octanol–water partition coefficient (Wildman–Crippen LogP) is 3.87. The van der Waals surface area contributed by atoms with Crippen molar-refractivity contribution >= 4 is 5.97 Å². The van der Waals surface area contributed by atoms with Gasteiger partial charge in [-0.1, -0.05) is 56.5 Å². The summed E-state index contributed by atoms with van der Waals surface area (Å²) in [4.78, 5) is 11.7. The third kappa shape index (κ3) is 3.09. The average molecular weight is 232 g/mol. The zero-order valence-corrected chi connectivity index (χ0v) is 10.4. The van der Waals surface area contributed by atoms with Crippen LogP contribution in [0.5, 0.6) is 0 Å². The van der Waals surface area contributed by atoms with Crippen molar-refractivity contribution in [3.63, 3.8) is 0 Å². The molecule has 0 aliphatic carbocycles. The fraction of sp³-hybridized carbons (Fsp3) is 0.533. The van der Waals surface area contributed by atoms with Gasteiger partial charge in [0.25, 0.3) is 0 Å². The molecule has 1 aromatic carbocycles. The molecule has 92 valence electrons. The number of cyclic esters (lactones) is 1. The van der Waals surface area contributed by atoms with Gasteiger partial charge in [-0.15, -0.1) is 0 Å². The number of unbranched alkanes of at least 4 members (excludes halogenated alkanes) is 2. The number of benzene rings is 1. The molecule has 0 spiro atoms. The third-order valence-electron chi connectivity index (χ3n) is 3.42. The molecule has 0 aromatic heterocycles. The van der Waals surface area contributed by atoms with E-state index < -0.39 is 0 Å². The molecule has 0 saturated carbocycles. The van der Waals surface area contributed by atoms with Crippen molar-refractivity contribution < 1.29 is 9.53 Å². The van der Waals surface area contributed by atoms with Crippen LogP contribution in [0.15, 0.2) is 30.3 Å². The van der Waals surface area contributed by atoms with Crippen LogP contribution in [0.25, 0.3) is 0 Å². The maximum Gasteiger partial charge on any atom is 0.309 e. The highest BCUT2D eigenvalue weighted by atomic mass is 16.5. The second kappa shape index (κ2) is 5.85. The Bertz CT molecular complexity index is 358. The molecule has 1 aliphatic heterocycles. The van der Waals surface area contributed by atoms with Gasteiger partial charge in [-0.3, -0.25) is 4.79 Å². The van der Waals surface area contributed by atoms with Crippen LogP contribution in [-0.4, -0.2) is 5.97 Å². The van der Waals surface area contributed by atoms with E-state index in [0.29, 0.717) is 0 Å². The maximum atomic E-state index is 11.7. The molecule has 0 amide bonds. The Kier molecular flexibility index (Phi) is 4.18. The quantitative estimate of drug-likeness (QED) is 0.569. The molecule has 0 radical (unpaired) electrons. The lowest BCUT2D eigenvalue weighted by molar-refractivity contribution is -0.144. The molecule has 1 heterocycles. The lowest BCUT2D eigenvalue weighted by Crippen LogP contribution is -2.06. The van der Waals surface area contributed by atoms with Crippen LogP contribution in [0.3, 0.4) is 0 Å². The van der Waals surface area contributed by atoms with Gasteiger partial charge in [-0.25, -0.2) is 0 Å². The van der Waals surface area contributed by atoms with E-state index in [0.717, 1.165) is 24.8 Å². The fourth-order valence-corrected chi connectivity index (χ4v) is 2.39. The highest BCUT2D eigenvalue weighted by molar-refractivity contribution is 5.74. The second-order valence-corrected chi connectivity index (χ2v) is 4.76. The summed E-state index contributed by atoms with van der Waals surface area (Å²) in [7, 11) is 0. The van der Waals surface area contributed by atoms with Crippen molar-refractivity contribution in [2.24, 2.45) is 5.92 Å². The first-order valence-electron chi connectivity index (χ1n) is 6.56. The normalized spacial score (nSPS) is 23.7. The number of carbonyl (C=O) groups is 1. The lowest BCUT2D eigenvalue weighted by atomic mass is 9.95. The van der Waals surface area contributed by atoms with Gasteiger partial charge < -0.3 is 4.74 Å². The van der Waals surface area contributed by atoms with Gasteiger partial charge in [-0.2, -0.15) is 0 Å². The Morgan fingerprint density at radius 3 is 2.71 bits per heavy atom. The molecule has 2 atom stereocenters. The Hall–Kier alpha value is -1.31. The summed E-state index contributed by atoms with van der Waals surface area (Å²) in [6.45, 7) is 2.18. The molecular formula is C15H20O2. The van der Waals surface area contributed by atoms with E-state index in [-0.39, 0.29) is 18.0 Å². The SMILES string of the molecule is CCCCC[C@@H]1C[C@H](c2ccccc2)OC1=O. The van der Waals surface area contributed by atoms with E-state index in [9.17, 15) is 4.79 Å². The molecule has 0 unspecified atom stereocenters. The molecule has 1 aromatic rings. The molecule has 2 rings (SSSR count). The minimum absolute atomic E-state index is 0.00467. The van der Waals surface area contributed by atoms with Crippen molar-refractivity contribution in [1.82, 2.24) is 0 Å². The first-order chi connectivity index (χ1) is 8.31. The number of rotatable bonds is 5. The average Bonchev–Trinajstić information content (AvgIpc) is 2.73. The Balaban J connectivity index is 1.91. The van der Waals surface area contributed by atoms with E-state index >= 15 is 0 Å². The minimum atomic E-state index is -0.0182. The van der Waals surface area contributed by atoms with Crippen molar-refractivity contribution in [2.45, 2.75) is 45.1 Å². The van der Waals surface area contributed by atoms with E-state index in [4.69, 9.17) is 4.74 Å². The van der Waals surface area contributed by atoms with E-state index in [1.807, 2.05) is 30.3 Å². The standard InChI is InChI=1S/C15H20O2/c1-2-3-5-10-13-11-14(17-15(13)16)12-8-6-4-7-9-12/h4,6-9,13-14H,2-3,5,10-11H2,1H3/t13-,14-/m1/s1. The van der Waals surface area contributed by atoms with Gasteiger partial charge in [0, 0.05) is 6.42 Å². The monoisotopic (exact) mass is 232 g/mol. The van der Waals surface area contributed by atoms with Crippen LogP contribution < -0.4 is 0 Å². The maximum absolute atomic E-state index is 11.7. The number of hydrogen-bond donors (Lipinski definition) is 0. The number of carbonyl (C=O) groups excluding carboxylic acids is 1. The van der Waals surface area contributed by atoms with Crippen molar-refractivity contribution in [2.75, 3.05) is 0 Å². The Morgan fingerprint density at radius 2 is 2.00 bits per heavy atom. The summed E-state index contributed by atoms with van der Waals surface area (Å²) in [5.74, 6) is 0.113. The minimum Gasteiger partial charge on any atom is -0.457 e. The number of esters is 1. The molecular weight excluding hydrogens is 212 g/mol. The fourth-order valence-electron chi connectivity index (χ4n) is 2.39.